The van der Waals surface area contributed by atoms with E-state index < -0.39 is 23.9 Å². The maximum absolute atomic E-state index is 13.2. The van der Waals surface area contributed by atoms with Gasteiger partial charge in [-0.3, -0.25) is 0 Å². The summed E-state index contributed by atoms with van der Waals surface area (Å²) >= 11 is 5.66. The highest BCUT2D eigenvalue weighted by molar-refractivity contribution is 6.30. The summed E-state index contributed by atoms with van der Waals surface area (Å²) < 4.78 is 13.2. The van der Waals surface area contributed by atoms with E-state index in [4.69, 9.17) is 16.9 Å². The highest BCUT2D eigenvalue weighted by atomic mass is 35.5. The number of amides is 2. The van der Waals surface area contributed by atoms with Gasteiger partial charge in [0.25, 0.3) is 0 Å². The van der Waals surface area contributed by atoms with E-state index in [1.807, 2.05) is 0 Å². The van der Waals surface area contributed by atoms with Crippen LogP contribution >= 0.6 is 11.6 Å². The van der Waals surface area contributed by atoms with E-state index in [1.165, 1.54) is 17.0 Å². The number of halogens is 2. The van der Waals surface area contributed by atoms with Crippen LogP contribution in [0.2, 0.25) is 5.02 Å². The molecule has 2 amide bonds. The zero-order chi connectivity index (χ0) is 17.0. The number of piperidine rings is 1. The number of likely N-dealkylation sites (tertiary alicyclic amines) is 1. The fraction of sp³-hybridized carbons (Fsp3) is 0.400. The highest BCUT2D eigenvalue weighted by Gasteiger charge is 2.28. The third-order valence-corrected chi connectivity index (χ3v) is 4.05. The molecule has 1 unspecified atom stereocenters. The Hall–Kier alpha value is -2.33. The smallest absolute Gasteiger partial charge is 0.330 e. The predicted molar refractivity (Wildman–Crippen MR) is 80.2 cm³/mol. The quantitative estimate of drug-likeness (QED) is 0.885. The second-order valence-electron chi connectivity index (χ2n) is 5.28. The van der Waals surface area contributed by atoms with Crippen LogP contribution in [0.1, 0.15) is 24.4 Å². The second-order valence-corrected chi connectivity index (χ2v) is 5.69. The van der Waals surface area contributed by atoms with Gasteiger partial charge in [0.1, 0.15) is 5.82 Å². The molecule has 23 heavy (non-hydrogen) atoms. The molecule has 1 aliphatic heterocycles. The minimum absolute atomic E-state index is 0.0785. The lowest BCUT2D eigenvalue weighted by atomic mass is 9.99. The van der Waals surface area contributed by atoms with Gasteiger partial charge in [0.15, 0.2) is 6.04 Å². The number of rotatable bonds is 3. The van der Waals surface area contributed by atoms with Gasteiger partial charge in [0, 0.05) is 19.0 Å². The van der Waals surface area contributed by atoms with Gasteiger partial charge in [-0.25, -0.2) is 14.0 Å². The number of carboxylic acid groups (broad SMARTS) is 1. The molecule has 1 atom stereocenters. The lowest BCUT2D eigenvalue weighted by Gasteiger charge is -2.30. The van der Waals surface area contributed by atoms with Crippen LogP contribution < -0.4 is 5.32 Å². The Morgan fingerprint density at radius 3 is 2.61 bits per heavy atom. The predicted octanol–water partition coefficient (Wildman–Crippen LogP) is 2.55. The number of aliphatic carboxylic acids is 1. The maximum atomic E-state index is 13.2. The second kappa shape index (κ2) is 7.29. The first-order chi connectivity index (χ1) is 10.9. The van der Waals surface area contributed by atoms with Crippen LogP contribution in [0, 0.1) is 23.1 Å². The molecule has 0 saturated carbocycles. The number of carbonyl (C=O) groups is 2. The zero-order valence-corrected chi connectivity index (χ0v) is 12.9. The molecule has 122 valence electrons. The Labute approximate surface area is 137 Å². The SMILES string of the molecule is N#CC1CCN(C(=O)NC(C(=O)O)c2ccc(F)c(Cl)c2)CC1. The Kier molecular flexibility index (Phi) is 5.40. The molecule has 1 fully saturated rings. The summed E-state index contributed by atoms with van der Waals surface area (Å²) in [4.78, 5) is 25.1. The van der Waals surface area contributed by atoms with Gasteiger partial charge in [-0.15, -0.1) is 0 Å². The van der Waals surface area contributed by atoms with Crippen LogP contribution in [0.5, 0.6) is 0 Å². The number of nitrogens with one attached hydrogen (secondary N) is 1. The molecule has 0 bridgehead atoms. The Morgan fingerprint density at radius 2 is 2.09 bits per heavy atom. The summed E-state index contributed by atoms with van der Waals surface area (Å²) in [6.45, 7) is 0.779. The van der Waals surface area contributed by atoms with Gasteiger partial charge >= 0.3 is 12.0 Å². The summed E-state index contributed by atoms with van der Waals surface area (Å²) in [5.41, 5.74) is 0.184. The molecule has 1 heterocycles. The summed E-state index contributed by atoms with van der Waals surface area (Å²) in [6, 6.07) is 3.80. The van der Waals surface area contributed by atoms with Crippen molar-refractivity contribution in [3.8, 4) is 6.07 Å². The molecule has 6 nitrogen and oxygen atoms in total. The van der Waals surface area contributed by atoms with E-state index in [2.05, 4.69) is 11.4 Å². The van der Waals surface area contributed by atoms with Crippen LogP contribution in [0.4, 0.5) is 9.18 Å². The molecule has 0 radical (unpaired) electrons. The van der Waals surface area contributed by atoms with Gasteiger partial charge in [-0.05, 0) is 30.5 Å². The first-order valence-corrected chi connectivity index (χ1v) is 7.43. The zero-order valence-electron chi connectivity index (χ0n) is 12.1. The van der Waals surface area contributed by atoms with Crippen LogP contribution in [-0.4, -0.2) is 35.1 Å². The number of nitriles is 1. The van der Waals surface area contributed by atoms with Crippen LogP contribution in [0.15, 0.2) is 18.2 Å². The summed E-state index contributed by atoms with van der Waals surface area (Å²) in [5.74, 6) is -2.01. The Morgan fingerprint density at radius 1 is 1.43 bits per heavy atom. The fourth-order valence-corrected chi connectivity index (χ4v) is 2.60. The van der Waals surface area contributed by atoms with Crippen molar-refractivity contribution < 1.29 is 19.1 Å². The van der Waals surface area contributed by atoms with Crippen molar-refractivity contribution in [2.45, 2.75) is 18.9 Å². The third kappa shape index (κ3) is 4.11. The van der Waals surface area contributed by atoms with Gasteiger partial charge < -0.3 is 15.3 Å². The molecule has 2 rings (SSSR count). The summed E-state index contributed by atoms with van der Waals surface area (Å²) in [5, 5.41) is 20.3. The van der Waals surface area contributed by atoms with Gasteiger partial charge in [-0.1, -0.05) is 17.7 Å². The van der Waals surface area contributed by atoms with Crippen molar-refractivity contribution in [3.05, 3.63) is 34.6 Å². The number of carboxylic acids is 1. The molecule has 1 saturated heterocycles. The van der Waals surface area contributed by atoms with Crippen LogP contribution in [-0.2, 0) is 4.79 Å². The highest BCUT2D eigenvalue weighted by Crippen LogP contribution is 2.22. The average molecular weight is 340 g/mol. The minimum atomic E-state index is -1.32. The van der Waals surface area contributed by atoms with Crippen molar-refractivity contribution >= 4 is 23.6 Å². The number of benzene rings is 1. The number of hydrogen-bond donors (Lipinski definition) is 2. The monoisotopic (exact) mass is 339 g/mol. The van der Waals surface area contributed by atoms with Gasteiger partial charge in [0.2, 0.25) is 0 Å². The van der Waals surface area contributed by atoms with E-state index in [1.54, 1.807) is 0 Å². The van der Waals surface area contributed by atoms with E-state index in [9.17, 15) is 19.1 Å². The molecule has 1 aromatic rings. The van der Waals surface area contributed by atoms with Gasteiger partial charge in [0.05, 0.1) is 11.1 Å². The molecule has 0 spiro atoms. The van der Waals surface area contributed by atoms with E-state index in [0.29, 0.717) is 25.9 Å². The Balaban J connectivity index is 2.08. The maximum Gasteiger partial charge on any atom is 0.330 e. The van der Waals surface area contributed by atoms with Crippen LogP contribution in [0.3, 0.4) is 0 Å². The Bertz CT molecular complexity index is 654. The van der Waals surface area contributed by atoms with Crippen molar-refractivity contribution in [1.29, 1.82) is 5.26 Å². The molecule has 2 N–H and O–H groups in total. The van der Waals surface area contributed by atoms with Gasteiger partial charge in [-0.2, -0.15) is 5.26 Å². The lowest BCUT2D eigenvalue weighted by Crippen LogP contribution is -2.46. The average Bonchev–Trinajstić information content (AvgIpc) is 2.55. The number of hydrogen-bond acceptors (Lipinski definition) is 3. The number of nitrogens with zero attached hydrogens (tertiary/aromatic N) is 2. The third-order valence-electron chi connectivity index (χ3n) is 3.76. The minimum Gasteiger partial charge on any atom is -0.479 e. The van der Waals surface area contributed by atoms with Crippen molar-refractivity contribution in [2.24, 2.45) is 5.92 Å². The normalized spacial score (nSPS) is 16.5. The molecular weight excluding hydrogens is 325 g/mol. The molecule has 0 aliphatic carbocycles. The van der Waals surface area contributed by atoms with Crippen molar-refractivity contribution in [1.82, 2.24) is 10.2 Å². The van der Waals surface area contributed by atoms with Crippen molar-refractivity contribution in [2.75, 3.05) is 13.1 Å². The molecule has 8 heteroatoms. The summed E-state index contributed by atoms with van der Waals surface area (Å²) in [7, 11) is 0. The molecule has 0 aromatic heterocycles. The summed E-state index contributed by atoms with van der Waals surface area (Å²) in [6.07, 6.45) is 1.12. The first-order valence-electron chi connectivity index (χ1n) is 7.05. The van der Waals surface area contributed by atoms with E-state index in [0.717, 1.165) is 6.07 Å². The molecular formula is C15H15ClFN3O3. The largest absolute Gasteiger partial charge is 0.479 e. The molecule has 1 aliphatic rings. The fourth-order valence-electron chi connectivity index (χ4n) is 2.41. The lowest BCUT2D eigenvalue weighted by molar-refractivity contribution is -0.139. The van der Waals surface area contributed by atoms with E-state index >= 15 is 0 Å². The van der Waals surface area contributed by atoms with E-state index in [-0.39, 0.29) is 16.5 Å². The first kappa shape index (κ1) is 17.0. The van der Waals surface area contributed by atoms with Crippen LogP contribution in [0.25, 0.3) is 0 Å². The molecule has 1 aromatic carbocycles. The standard InChI is InChI=1S/C15H15ClFN3O3/c16-11-7-10(1-2-12(11)17)13(14(21)22)19-15(23)20-5-3-9(8-18)4-6-20/h1-2,7,9,13H,3-6H2,(H,19,23)(H,21,22). The number of urea groups is 1. The topological polar surface area (TPSA) is 93.4 Å². The number of carbonyl (C=O) groups excluding carboxylic acids is 1. The van der Waals surface area contributed by atoms with Crippen molar-refractivity contribution in [3.63, 3.8) is 0 Å².